The van der Waals surface area contributed by atoms with Crippen molar-refractivity contribution in [1.82, 2.24) is 19.7 Å². The number of carbonyl (C=O) groups is 1. The highest BCUT2D eigenvalue weighted by Crippen LogP contribution is 2.36. The molecular weight excluding hydrogens is 588 g/mol. The smallest absolute Gasteiger partial charge is 0.367 e. The second kappa shape index (κ2) is 12.9. The van der Waals surface area contributed by atoms with Gasteiger partial charge in [-0.05, 0) is 61.2 Å². The molecule has 0 bridgehead atoms. The van der Waals surface area contributed by atoms with E-state index in [1.54, 1.807) is 24.3 Å². The lowest BCUT2D eigenvalue weighted by atomic mass is 10.00. The number of pyridine rings is 1. The van der Waals surface area contributed by atoms with Gasteiger partial charge in [0.15, 0.2) is 0 Å². The Bertz CT molecular complexity index is 1590. The zero-order valence-electron chi connectivity index (χ0n) is 25.3. The first-order valence-electron chi connectivity index (χ1n) is 15.5. The molecule has 2 aliphatic heterocycles. The Labute approximate surface area is 259 Å². The molecule has 45 heavy (non-hydrogen) atoms. The number of H-pyrrole nitrogens is 1. The number of nitrogens with one attached hydrogen (secondary N) is 2. The molecule has 1 saturated carbocycles. The fourth-order valence-corrected chi connectivity index (χ4v) is 6.16. The Hall–Kier alpha value is -3.74. The molecule has 2 saturated heterocycles. The topological polar surface area (TPSA) is 74.9 Å². The second-order valence-corrected chi connectivity index (χ2v) is 12.4. The van der Waals surface area contributed by atoms with Crippen molar-refractivity contribution in [2.24, 2.45) is 5.92 Å². The van der Waals surface area contributed by atoms with Gasteiger partial charge in [0.05, 0.1) is 22.5 Å². The van der Waals surface area contributed by atoms with E-state index >= 15 is 4.39 Å². The molecule has 1 aromatic heterocycles. The van der Waals surface area contributed by atoms with Gasteiger partial charge in [-0.1, -0.05) is 12.1 Å². The minimum atomic E-state index is -4.91. The molecule has 0 atom stereocenters. The summed E-state index contributed by atoms with van der Waals surface area (Å²) in [6, 6.07) is 10.6. The fourth-order valence-electron chi connectivity index (χ4n) is 6.16. The Kier molecular flexibility index (Phi) is 8.98. The van der Waals surface area contributed by atoms with Crippen LogP contribution in [0.15, 0.2) is 53.5 Å². The minimum Gasteiger partial charge on any atom is -0.367 e. The van der Waals surface area contributed by atoms with Crippen molar-refractivity contribution in [1.29, 1.82) is 0 Å². The number of halogens is 4. The number of rotatable bonds is 8. The van der Waals surface area contributed by atoms with Gasteiger partial charge in [-0.25, -0.2) is 4.39 Å². The van der Waals surface area contributed by atoms with Crippen LogP contribution in [0.4, 0.5) is 28.9 Å². The maximum atomic E-state index is 15.3. The molecular formula is C33H38F4N6O2. The normalized spacial score (nSPS) is 18.7. The maximum Gasteiger partial charge on any atom is 0.417 e. The van der Waals surface area contributed by atoms with Crippen LogP contribution in [0.25, 0.3) is 11.1 Å². The number of hydrogen-bond donors (Lipinski definition) is 2. The zero-order chi connectivity index (χ0) is 31.7. The number of aromatic amines is 1. The minimum absolute atomic E-state index is 0.262. The number of piperazine rings is 2. The lowest BCUT2D eigenvalue weighted by molar-refractivity contribution is -0.138. The van der Waals surface area contributed by atoms with Gasteiger partial charge in [-0.15, -0.1) is 0 Å². The first-order chi connectivity index (χ1) is 21.5. The van der Waals surface area contributed by atoms with Crippen LogP contribution in [-0.4, -0.2) is 91.5 Å². The van der Waals surface area contributed by atoms with E-state index in [4.69, 9.17) is 0 Å². The van der Waals surface area contributed by atoms with Crippen molar-refractivity contribution in [2.75, 3.05) is 76.2 Å². The van der Waals surface area contributed by atoms with E-state index in [-0.39, 0.29) is 5.69 Å². The third-order valence-corrected chi connectivity index (χ3v) is 8.99. The van der Waals surface area contributed by atoms with Crippen molar-refractivity contribution in [3.63, 3.8) is 0 Å². The Morgan fingerprint density at radius 1 is 0.933 bits per heavy atom. The maximum absolute atomic E-state index is 15.3. The number of carbonyl (C=O) groups excluding carboxylic acids is 1. The molecule has 3 aliphatic rings. The van der Waals surface area contributed by atoms with E-state index in [1.165, 1.54) is 25.5 Å². The third-order valence-electron chi connectivity index (χ3n) is 8.99. The summed E-state index contributed by atoms with van der Waals surface area (Å²) in [6.45, 7) is 8.60. The lowest BCUT2D eigenvalue weighted by Crippen LogP contribution is -2.46. The quantitative estimate of drug-likeness (QED) is 0.353. The second-order valence-electron chi connectivity index (χ2n) is 12.4. The molecule has 2 N–H and O–H groups in total. The summed E-state index contributed by atoms with van der Waals surface area (Å²) in [5.74, 6) is -0.601. The van der Waals surface area contributed by atoms with Crippen molar-refractivity contribution < 1.29 is 22.4 Å². The molecule has 1 aliphatic carbocycles. The van der Waals surface area contributed by atoms with E-state index in [1.807, 2.05) is 18.0 Å². The van der Waals surface area contributed by atoms with Crippen LogP contribution in [0.2, 0.25) is 0 Å². The van der Waals surface area contributed by atoms with Crippen molar-refractivity contribution >= 4 is 17.3 Å². The van der Waals surface area contributed by atoms with Gasteiger partial charge in [0.25, 0.3) is 5.91 Å². The average Bonchev–Trinajstić information content (AvgIpc) is 3.83. The molecule has 0 unspecified atom stereocenters. The monoisotopic (exact) mass is 626 g/mol. The molecule has 3 aromatic rings. The van der Waals surface area contributed by atoms with Crippen LogP contribution >= 0.6 is 0 Å². The summed E-state index contributed by atoms with van der Waals surface area (Å²) < 4.78 is 56.6. The molecule has 240 valence electrons. The first kappa shape index (κ1) is 31.3. The summed E-state index contributed by atoms with van der Waals surface area (Å²) in [7, 11) is 2.00. The van der Waals surface area contributed by atoms with Crippen LogP contribution < -0.4 is 15.8 Å². The highest BCUT2D eigenvalue weighted by molar-refractivity contribution is 6.07. The largest absolute Gasteiger partial charge is 0.417 e. The van der Waals surface area contributed by atoms with Crippen LogP contribution in [-0.2, 0) is 12.7 Å². The zero-order valence-corrected chi connectivity index (χ0v) is 25.3. The summed E-state index contributed by atoms with van der Waals surface area (Å²) in [6.07, 6.45) is -1.46. The lowest BCUT2D eigenvalue weighted by Gasteiger charge is -2.35. The van der Waals surface area contributed by atoms with Crippen LogP contribution in [0.1, 0.15) is 34.3 Å². The number of benzene rings is 2. The number of nitrogens with zero attached hydrogens (tertiary/aromatic N) is 4. The van der Waals surface area contributed by atoms with Gasteiger partial charge < -0.3 is 25.0 Å². The molecule has 0 radical (unpaired) electrons. The number of hydrogen-bond acceptors (Lipinski definition) is 6. The van der Waals surface area contributed by atoms with Gasteiger partial charge in [0.2, 0.25) is 5.56 Å². The Morgan fingerprint density at radius 3 is 2.33 bits per heavy atom. The van der Waals surface area contributed by atoms with Gasteiger partial charge in [0, 0.05) is 83.3 Å². The van der Waals surface area contributed by atoms with Crippen LogP contribution in [0.3, 0.4) is 0 Å². The summed E-state index contributed by atoms with van der Waals surface area (Å²) >= 11 is 0. The van der Waals surface area contributed by atoms with Crippen molar-refractivity contribution in [3.8, 4) is 11.1 Å². The molecule has 3 fully saturated rings. The Morgan fingerprint density at radius 2 is 1.64 bits per heavy atom. The average molecular weight is 627 g/mol. The molecule has 2 aromatic carbocycles. The SMILES string of the molecule is CN1CCN(c2ccc(-c3cc(CN4CCN(CC5CC5)CC4)ccc3F)cc2NC(=O)c2c[nH]c(=O)cc2C(F)(F)F)CC1. The Balaban J connectivity index is 1.27. The summed E-state index contributed by atoms with van der Waals surface area (Å²) in [5, 5.41) is 2.65. The van der Waals surface area contributed by atoms with E-state index in [0.717, 1.165) is 56.9 Å². The summed E-state index contributed by atoms with van der Waals surface area (Å²) in [5.41, 5.74) is -0.310. The van der Waals surface area contributed by atoms with Gasteiger partial charge in [0.1, 0.15) is 5.82 Å². The molecule has 0 spiro atoms. The molecule has 1 amide bonds. The van der Waals surface area contributed by atoms with Crippen LogP contribution in [0.5, 0.6) is 0 Å². The van der Waals surface area contributed by atoms with Gasteiger partial charge in [-0.2, -0.15) is 13.2 Å². The third kappa shape index (κ3) is 7.57. The molecule has 12 heteroatoms. The molecule has 3 heterocycles. The predicted molar refractivity (Wildman–Crippen MR) is 166 cm³/mol. The number of alkyl halides is 3. The van der Waals surface area contributed by atoms with Gasteiger partial charge >= 0.3 is 6.18 Å². The highest BCUT2D eigenvalue weighted by atomic mass is 19.4. The number of aromatic nitrogens is 1. The number of amides is 1. The predicted octanol–water partition coefficient (Wildman–Crippen LogP) is 4.73. The van der Waals surface area contributed by atoms with E-state index in [9.17, 15) is 22.8 Å². The first-order valence-corrected chi connectivity index (χ1v) is 15.5. The summed E-state index contributed by atoms with van der Waals surface area (Å²) in [4.78, 5) is 36.2. The van der Waals surface area contributed by atoms with E-state index < -0.39 is 34.6 Å². The van der Waals surface area contributed by atoms with Crippen molar-refractivity contribution in [2.45, 2.75) is 25.6 Å². The molecule has 8 nitrogen and oxygen atoms in total. The van der Waals surface area contributed by atoms with Gasteiger partial charge in [-0.3, -0.25) is 14.5 Å². The van der Waals surface area contributed by atoms with E-state index in [2.05, 4.69) is 25.0 Å². The molecule has 6 rings (SSSR count). The number of likely N-dealkylation sites (N-methyl/N-ethyl adjacent to an activating group) is 1. The number of anilines is 2. The van der Waals surface area contributed by atoms with Crippen LogP contribution in [0, 0.1) is 11.7 Å². The standard InChI is InChI=1S/C33H38F4N6O2/c1-40-8-14-43(15-9-40)30-7-5-24(17-29(30)39-32(45)26-19-38-31(44)18-27(26)33(35,36)37)25-16-23(4-6-28(25)34)21-42-12-10-41(11-13-42)20-22-2-3-22/h4-7,16-19,22H,2-3,8-15,20-21H2,1H3,(H,38,44)(H,39,45). The van der Waals surface area contributed by atoms with E-state index in [0.29, 0.717) is 42.5 Å². The van der Waals surface area contributed by atoms with Crippen molar-refractivity contribution in [3.05, 3.63) is 81.5 Å². The highest BCUT2D eigenvalue weighted by Gasteiger charge is 2.36. The fraction of sp³-hybridized carbons (Fsp3) is 0.455.